The number of carboxylic acids is 1. The van der Waals surface area contributed by atoms with Crippen molar-refractivity contribution in [3.8, 4) is 0 Å². The van der Waals surface area contributed by atoms with Gasteiger partial charge in [-0.05, 0) is 23.8 Å². The number of rotatable bonds is 7. The minimum Gasteiger partial charge on any atom is -0.480 e. The molecule has 1 atom stereocenters. The highest BCUT2D eigenvalue weighted by molar-refractivity contribution is 6.36. The number of allylic oxidation sites excluding steroid dienone is 1. The van der Waals surface area contributed by atoms with E-state index in [-0.39, 0.29) is 16.4 Å². The fourth-order valence-corrected chi connectivity index (χ4v) is 2.47. The van der Waals surface area contributed by atoms with Crippen LogP contribution in [0.1, 0.15) is 15.9 Å². The topological polar surface area (TPSA) is 66.4 Å². The quantitative estimate of drug-likeness (QED) is 0.576. The largest absolute Gasteiger partial charge is 0.480 e. The number of hydrogen-bond acceptors (Lipinski definition) is 3. The van der Waals surface area contributed by atoms with Crippen LogP contribution in [0.15, 0.2) is 60.8 Å². The second-order valence-electron chi connectivity index (χ2n) is 5.07. The SMILES string of the molecule is O=C(/C=C\N[C@@H](Cc1ccccc1)C(=O)O)c1cc(Cl)ccc1Cl. The monoisotopic (exact) mass is 363 g/mol. The molecule has 0 bridgehead atoms. The third-order valence-electron chi connectivity index (χ3n) is 3.31. The second-order valence-corrected chi connectivity index (χ2v) is 5.91. The van der Waals surface area contributed by atoms with Gasteiger partial charge in [-0.1, -0.05) is 53.5 Å². The Morgan fingerprint density at radius 2 is 1.83 bits per heavy atom. The minimum atomic E-state index is -1.00. The number of halogens is 2. The highest BCUT2D eigenvalue weighted by Crippen LogP contribution is 2.21. The number of nitrogens with one attached hydrogen (secondary N) is 1. The Kier molecular flexibility index (Phi) is 6.41. The molecule has 0 amide bonds. The third-order valence-corrected chi connectivity index (χ3v) is 3.87. The molecule has 124 valence electrons. The van der Waals surface area contributed by atoms with Crippen LogP contribution in [0, 0.1) is 0 Å². The van der Waals surface area contributed by atoms with Crippen molar-refractivity contribution in [1.82, 2.24) is 5.32 Å². The van der Waals surface area contributed by atoms with Gasteiger partial charge in [-0.15, -0.1) is 0 Å². The average molecular weight is 364 g/mol. The molecule has 0 fully saturated rings. The number of hydrogen-bond donors (Lipinski definition) is 2. The number of ketones is 1. The van der Waals surface area contributed by atoms with Crippen molar-refractivity contribution in [2.75, 3.05) is 0 Å². The molecule has 0 radical (unpaired) electrons. The minimum absolute atomic E-state index is 0.261. The molecular formula is C18H15Cl2NO3. The summed E-state index contributed by atoms with van der Waals surface area (Å²) >= 11 is 11.8. The van der Waals surface area contributed by atoms with Crippen LogP contribution >= 0.6 is 23.2 Å². The van der Waals surface area contributed by atoms with Gasteiger partial charge in [0.05, 0.1) is 5.02 Å². The van der Waals surface area contributed by atoms with Gasteiger partial charge in [-0.25, -0.2) is 4.79 Å². The Morgan fingerprint density at radius 3 is 2.50 bits per heavy atom. The number of benzene rings is 2. The van der Waals surface area contributed by atoms with E-state index in [1.165, 1.54) is 24.4 Å². The van der Waals surface area contributed by atoms with E-state index in [0.717, 1.165) is 5.56 Å². The van der Waals surface area contributed by atoms with Crippen LogP contribution in [0.4, 0.5) is 0 Å². The van der Waals surface area contributed by atoms with E-state index >= 15 is 0 Å². The molecule has 0 saturated carbocycles. The summed E-state index contributed by atoms with van der Waals surface area (Å²) in [6.45, 7) is 0. The van der Waals surface area contributed by atoms with Crippen LogP contribution in [-0.4, -0.2) is 22.9 Å². The summed E-state index contributed by atoms with van der Waals surface area (Å²) in [5.41, 5.74) is 1.15. The number of carbonyl (C=O) groups excluding carboxylic acids is 1. The highest BCUT2D eigenvalue weighted by Gasteiger charge is 2.16. The Hall–Kier alpha value is -2.30. The molecule has 0 spiro atoms. The Labute approximate surface area is 149 Å². The summed E-state index contributed by atoms with van der Waals surface area (Å²) < 4.78 is 0. The van der Waals surface area contributed by atoms with Crippen molar-refractivity contribution in [3.05, 3.63) is 82.0 Å². The molecule has 24 heavy (non-hydrogen) atoms. The lowest BCUT2D eigenvalue weighted by Crippen LogP contribution is -2.35. The zero-order valence-electron chi connectivity index (χ0n) is 12.6. The van der Waals surface area contributed by atoms with E-state index in [2.05, 4.69) is 5.32 Å². The van der Waals surface area contributed by atoms with Gasteiger partial charge >= 0.3 is 5.97 Å². The first-order valence-corrected chi connectivity index (χ1v) is 7.91. The van der Waals surface area contributed by atoms with Gasteiger partial charge in [-0.2, -0.15) is 0 Å². The van der Waals surface area contributed by atoms with Crippen LogP contribution in [0.25, 0.3) is 0 Å². The lowest BCUT2D eigenvalue weighted by Gasteiger charge is -2.12. The summed E-state index contributed by atoms with van der Waals surface area (Å²) in [5.74, 6) is -1.37. The predicted octanol–water partition coefficient (Wildman–Crippen LogP) is 3.98. The first-order chi connectivity index (χ1) is 11.5. The summed E-state index contributed by atoms with van der Waals surface area (Å²) in [4.78, 5) is 23.4. The first kappa shape index (κ1) is 18.0. The zero-order valence-corrected chi connectivity index (χ0v) is 14.1. The fraction of sp³-hybridized carbons (Fsp3) is 0.111. The summed E-state index contributed by atoms with van der Waals surface area (Å²) in [7, 11) is 0. The molecule has 4 nitrogen and oxygen atoms in total. The molecular weight excluding hydrogens is 349 g/mol. The smallest absolute Gasteiger partial charge is 0.326 e. The van der Waals surface area contributed by atoms with E-state index in [9.17, 15) is 14.7 Å². The Bertz CT molecular complexity index is 760. The average Bonchev–Trinajstić information content (AvgIpc) is 2.56. The maximum atomic E-state index is 12.1. The van der Waals surface area contributed by atoms with Crippen molar-refractivity contribution >= 4 is 35.0 Å². The van der Waals surface area contributed by atoms with Crippen LogP contribution in [0.3, 0.4) is 0 Å². The van der Waals surface area contributed by atoms with Gasteiger partial charge in [0.1, 0.15) is 6.04 Å². The number of aliphatic carboxylic acids is 1. The summed E-state index contributed by atoms with van der Waals surface area (Å²) in [6, 6.07) is 13.0. The Morgan fingerprint density at radius 1 is 1.12 bits per heavy atom. The first-order valence-electron chi connectivity index (χ1n) is 7.16. The molecule has 0 aromatic heterocycles. The van der Waals surface area contributed by atoms with Crippen LogP contribution in [0.5, 0.6) is 0 Å². The molecule has 0 saturated heterocycles. The van der Waals surface area contributed by atoms with E-state index in [1.54, 1.807) is 6.07 Å². The van der Waals surface area contributed by atoms with Gasteiger partial charge in [-0.3, -0.25) is 4.79 Å². The number of carbonyl (C=O) groups is 2. The van der Waals surface area contributed by atoms with Crippen molar-refractivity contribution in [1.29, 1.82) is 0 Å². The summed E-state index contributed by atoms with van der Waals surface area (Å²) in [5, 5.41) is 12.7. The van der Waals surface area contributed by atoms with E-state index in [4.69, 9.17) is 23.2 Å². The van der Waals surface area contributed by atoms with Crippen molar-refractivity contribution in [3.63, 3.8) is 0 Å². The van der Waals surface area contributed by atoms with Crippen LogP contribution in [0.2, 0.25) is 10.0 Å². The zero-order chi connectivity index (χ0) is 17.5. The van der Waals surface area contributed by atoms with Crippen LogP contribution < -0.4 is 5.32 Å². The van der Waals surface area contributed by atoms with Gasteiger partial charge < -0.3 is 10.4 Å². The second kappa shape index (κ2) is 8.52. The normalized spacial score (nSPS) is 12.1. The molecule has 2 N–H and O–H groups in total. The highest BCUT2D eigenvalue weighted by atomic mass is 35.5. The van der Waals surface area contributed by atoms with Crippen molar-refractivity contribution in [2.45, 2.75) is 12.5 Å². The van der Waals surface area contributed by atoms with E-state index in [1.807, 2.05) is 30.3 Å². The number of carboxylic acid groups (broad SMARTS) is 1. The maximum Gasteiger partial charge on any atom is 0.326 e. The van der Waals surface area contributed by atoms with Gasteiger partial charge in [0.2, 0.25) is 0 Å². The lowest BCUT2D eigenvalue weighted by atomic mass is 10.1. The van der Waals surface area contributed by atoms with Gasteiger partial charge in [0.25, 0.3) is 0 Å². The maximum absolute atomic E-state index is 12.1. The van der Waals surface area contributed by atoms with Crippen LogP contribution in [-0.2, 0) is 11.2 Å². The molecule has 2 rings (SSSR count). The molecule has 0 heterocycles. The Balaban J connectivity index is 2.03. The molecule has 2 aromatic carbocycles. The molecule has 2 aromatic rings. The van der Waals surface area contributed by atoms with Gasteiger partial charge in [0.15, 0.2) is 5.78 Å². The third kappa shape index (κ3) is 5.11. The molecule has 6 heteroatoms. The molecule has 0 aliphatic heterocycles. The molecule has 0 aliphatic rings. The fourth-order valence-electron chi connectivity index (χ4n) is 2.08. The van der Waals surface area contributed by atoms with Gasteiger partial charge in [0, 0.05) is 29.3 Å². The molecule has 0 aliphatic carbocycles. The van der Waals surface area contributed by atoms with E-state index < -0.39 is 12.0 Å². The predicted molar refractivity (Wildman–Crippen MR) is 94.6 cm³/mol. The standard InChI is InChI=1S/C18H15Cl2NO3/c19-13-6-7-15(20)14(11-13)17(22)8-9-21-16(18(23)24)10-12-4-2-1-3-5-12/h1-9,11,16,21H,10H2,(H,23,24)/b9-8-/t16-/m0/s1. The van der Waals surface area contributed by atoms with Crippen molar-refractivity contribution in [2.24, 2.45) is 0 Å². The van der Waals surface area contributed by atoms with E-state index in [0.29, 0.717) is 11.4 Å². The lowest BCUT2D eigenvalue weighted by molar-refractivity contribution is -0.139. The summed E-state index contributed by atoms with van der Waals surface area (Å²) in [6.07, 6.45) is 2.85. The van der Waals surface area contributed by atoms with Crippen molar-refractivity contribution < 1.29 is 14.7 Å². The molecule has 0 unspecified atom stereocenters.